The zero-order valence-electron chi connectivity index (χ0n) is 11.6. The number of methoxy groups -OCH3 is 1. The summed E-state index contributed by atoms with van der Waals surface area (Å²) < 4.78 is 5.51. The highest BCUT2D eigenvalue weighted by atomic mass is 16.5. The second kappa shape index (κ2) is 5.17. The van der Waals surface area contributed by atoms with E-state index in [1.54, 1.807) is 7.11 Å². The first-order valence-corrected chi connectivity index (χ1v) is 7.02. The lowest BCUT2D eigenvalue weighted by atomic mass is 9.77. The van der Waals surface area contributed by atoms with E-state index in [1.807, 2.05) is 11.8 Å². The van der Waals surface area contributed by atoms with Crippen molar-refractivity contribution < 1.29 is 14.6 Å². The third kappa shape index (κ3) is 3.04. The van der Waals surface area contributed by atoms with Crippen molar-refractivity contribution in [3.8, 4) is 0 Å². The molecule has 1 N–H and O–H groups in total. The first-order valence-electron chi connectivity index (χ1n) is 7.02. The fourth-order valence-electron chi connectivity index (χ4n) is 2.92. The van der Waals surface area contributed by atoms with Gasteiger partial charge in [-0.25, -0.2) is 0 Å². The SMILES string of the molecule is COC1(CC(=O)N2CCCC(C)(O)CC2)CCC1. The minimum Gasteiger partial charge on any atom is -0.390 e. The lowest BCUT2D eigenvalue weighted by Crippen LogP contribution is -2.45. The molecule has 0 radical (unpaired) electrons. The molecule has 18 heavy (non-hydrogen) atoms. The van der Waals surface area contributed by atoms with Gasteiger partial charge in [-0.2, -0.15) is 0 Å². The number of carbonyl (C=O) groups is 1. The summed E-state index contributed by atoms with van der Waals surface area (Å²) in [6.45, 7) is 3.31. The third-order valence-electron chi connectivity index (χ3n) is 4.59. The van der Waals surface area contributed by atoms with Crippen molar-refractivity contribution in [1.82, 2.24) is 4.90 Å². The molecule has 2 aliphatic rings. The van der Waals surface area contributed by atoms with Crippen LogP contribution in [0.1, 0.15) is 51.9 Å². The summed E-state index contributed by atoms with van der Waals surface area (Å²) in [5, 5.41) is 10.0. The molecule has 2 rings (SSSR count). The van der Waals surface area contributed by atoms with E-state index in [-0.39, 0.29) is 11.5 Å². The molecule has 1 heterocycles. The Balaban J connectivity index is 1.89. The van der Waals surface area contributed by atoms with Gasteiger partial charge in [-0.05, 0) is 45.4 Å². The maximum Gasteiger partial charge on any atom is 0.225 e. The zero-order valence-corrected chi connectivity index (χ0v) is 11.6. The summed E-state index contributed by atoms with van der Waals surface area (Å²) in [5.41, 5.74) is -0.795. The fourth-order valence-corrected chi connectivity index (χ4v) is 2.92. The summed E-state index contributed by atoms with van der Waals surface area (Å²) in [4.78, 5) is 14.2. The monoisotopic (exact) mass is 255 g/mol. The Labute approximate surface area is 109 Å². The molecule has 1 saturated heterocycles. The Morgan fingerprint density at radius 1 is 1.22 bits per heavy atom. The van der Waals surface area contributed by atoms with Crippen LogP contribution in [0.5, 0.6) is 0 Å². The van der Waals surface area contributed by atoms with Crippen LogP contribution in [0.2, 0.25) is 0 Å². The molecule has 1 unspecified atom stereocenters. The normalized spacial score (nSPS) is 31.6. The van der Waals surface area contributed by atoms with Gasteiger partial charge in [0.15, 0.2) is 0 Å². The number of carbonyl (C=O) groups excluding carboxylic acids is 1. The van der Waals surface area contributed by atoms with Gasteiger partial charge in [0.1, 0.15) is 0 Å². The molecular formula is C14H25NO3. The van der Waals surface area contributed by atoms with Gasteiger partial charge in [-0.15, -0.1) is 0 Å². The topological polar surface area (TPSA) is 49.8 Å². The molecule has 2 fully saturated rings. The van der Waals surface area contributed by atoms with Crippen LogP contribution in [-0.2, 0) is 9.53 Å². The number of hydrogen-bond acceptors (Lipinski definition) is 3. The van der Waals surface area contributed by atoms with E-state index in [4.69, 9.17) is 4.74 Å². The van der Waals surface area contributed by atoms with Gasteiger partial charge in [0, 0.05) is 20.2 Å². The third-order valence-corrected chi connectivity index (χ3v) is 4.59. The first kappa shape index (κ1) is 13.8. The molecule has 0 aromatic rings. The minimum atomic E-state index is -0.607. The quantitative estimate of drug-likeness (QED) is 0.835. The molecule has 4 nitrogen and oxygen atoms in total. The van der Waals surface area contributed by atoms with Crippen LogP contribution in [0.15, 0.2) is 0 Å². The second-order valence-electron chi connectivity index (χ2n) is 6.15. The number of aliphatic hydroxyl groups is 1. The summed E-state index contributed by atoms with van der Waals surface area (Å²) in [7, 11) is 1.71. The summed E-state index contributed by atoms with van der Waals surface area (Å²) in [6, 6.07) is 0. The number of ether oxygens (including phenoxy) is 1. The lowest BCUT2D eigenvalue weighted by Gasteiger charge is -2.41. The first-order chi connectivity index (χ1) is 8.46. The largest absolute Gasteiger partial charge is 0.390 e. The molecular weight excluding hydrogens is 230 g/mol. The van der Waals surface area contributed by atoms with Gasteiger partial charge < -0.3 is 14.7 Å². The van der Waals surface area contributed by atoms with E-state index < -0.39 is 5.60 Å². The molecule has 104 valence electrons. The fraction of sp³-hybridized carbons (Fsp3) is 0.929. The number of nitrogens with zero attached hydrogens (tertiary/aromatic N) is 1. The Morgan fingerprint density at radius 3 is 2.50 bits per heavy atom. The van der Waals surface area contributed by atoms with Crippen molar-refractivity contribution in [1.29, 1.82) is 0 Å². The average Bonchev–Trinajstić information content (AvgIpc) is 2.44. The van der Waals surface area contributed by atoms with Crippen molar-refractivity contribution in [2.75, 3.05) is 20.2 Å². The van der Waals surface area contributed by atoms with E-state index >= 15 is 0 Å². The summed E-state index contributed by atoms with van der Waals surface area (Å²) in [6.07, 6.45) is 6.02. The van der Waals surface area contributed by atoms with Crippen molar-refractivity contribution in [2.45, 2.75) is 63.1 Å². The van der Waals surface area contributed by atoms with Gasteiger partial charge in [-0.3, -0.25) is 4.79 Å². The van der Waals surface area contributed by atoms with Gasteiger partial charge in [0.2, 0.25) is 5.91 Å². The van der Waals surface area contributed by atoms with Crippen molar-refractivity contribution >= 4 is 5.91 Å². The van der Waals surface area contributed by atoms with Crippen LogP contribution in [-0.4, -0.2) is 47.3 Å². The maximum atomic E-state index is 12.3. The molecule has 0 bridgehead atoms. The highest BCUT2D eigenvalue weighted by Gasteiger charge is 2.40. The van der Waals surface area contributed by atoms with E-state index in [9.17, 15) is 9.90 Å². The van der Waals surface area contributed by atoms with Crippen molar-refractivity contribution in [2.24, 2.45) is 0 Å². The van der Waals surface area contributed by atoms with Crippen LogP contribution in [0, 0.1) is 0 Å². The van der Waals surface area contributed by atoms with Gasteiger partial charge in [-0.1, -0.05) is 0 Å². The summed E-state index contributed by atoms with van der Waals surface area (Å²) in [5.74, 6) is 0.189. The van der Waals surface area contributed by atoms with Crippen molar-refractivity contribution in [3.05, 3.63) is 0 Å². The highest BCUT2D eigenvalue weighted by molar-refractivity contribution is 5.77. The predicted molar refractivity (Wildman–Crippen MR) is 69.3 cm³/mol. The second-order valence-corrected chi connectivity index (χ2v) is 6.15. The molecule has 4 heteroatoms. The van der Waals surface area contributed by atoms with Crippen molar-refractivity contribution in [3.63, 3.8) is 0 Å². The average molecular weight is 255 g/mol. The predicted octanol–water partition coefficient (Wildman–Crippen LogP) is 1.71. The molecule has 0 aromatic heterocycles. The highest BCUT2D eigenvalue weighted by Crippen LogP contribution is 2.38. The van der Waals surface area contributed by atoms with Crippen LogP contribution >= 0.6 is 0 Å². The summed E-state index contributed by atoms with van der Waals surface area (Å²) >= 11 is 0. The Kier molecular flexibility index (Phi) is 3.97. The molecule has 1 amide bonds. The van der Waals surface area contributed by atoms with Crippen LogP contribution in [0.3, 0.4) is 0 Å². The zero-order chi connectivity index (χ0) is 13.2. The molecule has 0 aromatic carbocycles. The molecule has 1 aliphatic heterocycles. The Bertz CT molecular complexity index is 305. The molecule has 0 spiro atoms. The Hall–Kier alpha value is -0.610. The number of likely N-dealkylation sites (tertiary alicyclic amines) is 1. The minimum absolute atomic E-state index is 0.189. The van der Waals surface area contributed by atoms with E-state index in [2.05, 4.69) is 0 Å². The van der Waals surface area contributed by atoms with E-state index in [0.29, 0.717) is 19.4 Å². The standard InChI is InChI=1S/C14H25NO3/c1-13(17)5-4-9-15(10-8-13)12(16)11-14(18-2)6-3-7-14/h17H,3-11H2,1-2H3. The van der Waals surface area contributed by atoms with Crippen LogP contribution in [0.25, 0.3) is 0 Å². The number of hydrogen-bond donors (Lipinski definition) is 1. The molecule has 1 saturated carbocycles. The van der Waals surface area contributed by atoms with Gasteiger partial charge >= 0.3 is 0 Å². The van der Waals surface area contributed by atoms with E-state index in [1.165, 1.54) is 0 Å². The van der Waals surface area contributed by atoms with Crippen LogP contribution in [0.4, 0.5) is 0 Å². The Morgan fingerprint density at radius 2 is 1.94 bits per heavy atom. The number of amides is 1. The lowest BCUT2D eigenvalue weighted by molar-refractivity contribution is -0.144. The molecule has 1 aliphatic carbocycles. The van der Waals surface area contributed by atoms with E-state index in [0.717, 1.165) is 38.6 Å². The molecule has 1 atom stereocenters. The van der Waals surface area contributed by atoms with Gasteiger partial charge in [0.25, 0.3) is 0 Å². The smallest absolute Gasteiger partial charge is 0.225 e. The van der Waals surface area contributed by atoms with Crippen LogP contribution < -0.4 is 0 Å². The number of rotatable bonds is 3. The maximum absolute atomic E-state index is 12.3. The van der Waals surface area contributed by atoms with Gasteiger partial charge in [0.05, 0.1) is 17.6 Å².